The Kier molecular flexibility index (Phi) is 5.05. The molecule has 1 saturated carbocycles. The molecule has 2 rings (SSSR count). The maximum Gasteiger partial charge on any atom is 0.0536 e. The lowest BCUT2D eigenvalue weighted by molar-refractivity contribution is 0.116. The van der Waals surface area contributed by atoms with E-state index >= 15 is 0 Å². The van der Waals surface area contributed by atoms with Gasteiger partial charge >= 0.3 is 0 Å². The predicted octanol–water partition coefficient (Wildman–Crippen LogP) is 2.19. The van der Waals surface area contributed by atoms with E-state index in [2.05, 4.69) is 19.2 Å². The molecule has 18 heavy (non-hydrogen) atoms. The standard InChI is InChI=1S/C15H29NO2/c1-12-3-4-14(9-13(12)2)16-10-15(5-7-17)6-8-18-11-15/h12-14,16-17H,3-11H2,1-2H3/t12-,13-,14+,15+/m1/s1. The quantitative estimate of drug-likeness (QED) is 0.791. The van der Waals surface area contributed by atoms with E-state index in [0.29, 0.717) is 6.04 Å². The van der Waals surface area contributed by atoms with Gasteiger partial charge in [0.1, 0.15) is 0 Å². The molecule has 0 unspecified atom stereocenters. The van der Waals surface area contributed by atoms with E-state index in [0.717, 1.165) is 44.4 Å². The smallest absolute Gasteiger partial charge is 0.0536 e. The maximum absolute atomic E-state index is 9.22. The van der Waals surface area contributed by atoms with Gasteiger partial charge in [-0.2, -0.15) is 0 Å². The number of rotatable bonds is 5. The summed E-state index contributed by atoms with van der Waals surface area (Å²) in [6.07, 6.45) is 5.93. The Morgan fingerprint density at radius 2 is 2.11 bits per heavy atom. The zero-order valence-corrected chi connectivity index (χ0v) is 12.0. The van der Waals surface area contributed by atoms with Crippen molar-refractivity contribution >= 4 is 0 Å². The second-order valence-corrected chi connectivity index (χ2v) is 6.62. The van der Waals surface area contributed by atoms with Gasteiger partial charge in [0, 0.05) is 31.2 Å². The molecule has 1 saturated heterocycles. The van der Waals surface area contributed by atoms with Gasteiger partial charge in [-0.3, -0.25) is 0 Å². The molecule has 0 aromatic rings. The van der Waals surface area contributed by atoms with Crippen LogP contribution in [0.4, 0.5) is 0 Å². The van der Waals surface area contributed by atoms with Gasteiger partial charge in [-0.15, -0.1) is 0 Å². The van der Waals surface area contributed by atoms with Gasteiger partial charge in [0.05, 0.1) is 6.61 Å². The van der Waals surface area contributed by atoms with Crippen LogP contribution < -0.4 is 5.32 Å². The van der Waals surface area contributed by atoms with Gasteiger partial charge < -0.3 is 15.2 Å². The lowest BCUT2D eigenvalue weighted by atomic mass is 9.78. The van der Waals surface area contributed by atoms with E-state index in [4.69, 9.17) is 4.74 Å². The lowest BCUT2D eigenvalue weighted by Crippen LogP contribution is -2.43. The Balaban J connectivity index is 1.79. The molecule has 2 aliphatic rings. The van der Waals surface area contributed by atoms with E-state index in [1.807, 2.05) is 0 Å². The minimum atomic E-state index is 0.195. The molecule has 0 bridgehead atoms. The highest BCUT2D eigenvalue weighted by molar-refractivity contribution is 4.88. The van der Waals surface area contributed by atoms with Crippen LogP contribution in [0.3, 0.4) is 0 Å². The van der Waals surface area contributed by atoms with Crippen LogP contribution in [0.2, 0.25) is 0 Å². The second-order valence-electron chi connectivity index (χ2n) is 6.62. The number of hydrogen-bond donors (Lipinski definition) is 2. The fourth-order valence-corrected chi connectivity index (χ4v) is 3.41. The minimum absolute atomic E-state index is 0.195. The van der Waals surface area contributed by atoms with Gasteiger partial charge in [-0.1, -0.05) is 13.8 Å². The van der Waals surface area contributed by atoms with Crippen LogP contribution >= 0.6 is 0 Å². The summed E-state index contributed by atoms with van der Waals surface area (Å²) in [4.78, 5) is 0. The maximum atomic E-state index is 9.22. The summed E-state index contributed by atoms with van der Waals surface area (Å²) in [5.74, 6) is 1.72. The van der Waals surface area contributed by atoms with Crippen molar-refractivity contribution in [3.8, 4) is 0 Å². The summed E-state index contributed by atoms with van der Waals surface area (Å²) in [6.45, 7) is 7.72. The number of aliphatic hydroxyl groups is 1. The Bertz CT molecular complexity index is 251. The monoisotopic (exact) mass is 255 g/mol. The highest BCUT2D eigenvalue weighted by atomic mass is 16.5. The molecule has 0 amide bonds. The van der Waals surface area contributed by atoms with Gasteiger partial charge in [-0.05, 0) is 43.9 Å². The third kappa shape index (κ3) is 3.46. The van der Waals surface area contributed by atoms with Crippen molar-refractivity contribution in [2.45, 2.75) is 52.0 Å². The molecule has 0 aromatic heterocycles. The van der Waals surface area contributed by atoms with Gasteiger partial charge in [0.15, 0.2) is 0 Å². The molecular formula is C15H29NO2. The molecule has 0 radical (unpaired) electrons. The Hall–Kier alpha value is -0.120. The number of ether oxygens (including phenoxy) is 1. The third-order valence-corrected chi connectivity index (χ3v) is 5.19. The summed E-state index contributed by atoms with van der Waals surface area (Å²) >= 11 is 0. The number of nitrogens with one attached hydrogen (secondary N) is 1. The summed E-state index contributed by atoms with van der Waals surface area (Å²) in [5.41, 5.74) is 0.195. The summed E-state index contributed by atoms with van der Waals surface area (Å²) in [6, 6.07) is 0.673. The highest BCUT2D eigenvalue weighted by Crippen LogP contribution is 2.33. The topological polar surface area (TPSA) is 41.5 Å². The Labute approximate surface area is 111 Å². The first-order valence-electron chi connectivity index (χ1n) is 7.57. The molecule has 106 valence electrons. The molecule has 1 aliphatic heterocycles. The zero-order chi connectivity index (χ0) is 13.0. The molecule has 1 aliphatic carbocycles. The average Bonchev–Trinajstić information content (AvgIpc) is 2.80. The fourth-order valence-electron chi connectivity index (χ4n) is 3.41. The van der Waals surface area contributed by atoms with Crippen LogP contribution in [0.5, 0.6) is 0 Å². The van der Waals surface area contributed by atoms with Gasteiger partial charge in [0.2, 0.25) is 0 Å². The average molecular weight is 255 g/mol. The molecule has 1 heterocycles. The normalized spacial score (nSPS) is 41.2. The largest absolute Gasteiger partial charge is 0.396 e. The van der Waals surface area contributed by atoms with Crippen molar-refractivity contribution < 1.29 is 9.84 Å². The van der Waals surface area contributed by atoms with E-state index in [-0.39, 0.29) is 12.0 Å². The molecule has 2 N–H and O–H groups in total. The van der Waals surface area contributed by atoms with Crippen molar-refractivity contribution in [1.82, 2.24) is 5.32 Å². The van der Waals surface area contributed by atoms with Crippen LogP contribution in [0, 0.1) is 17.3 Å². The SMILES string of the molecule is C[C@@H]1CC[C@H](NC[C@]2(CCO)CCOC2)C[C@H]1C. The van der Waals surface area contributed by atoms with Crippen LogP contribution in [0.15, 0.2) is 0 Å². The first kappa shape index (κ1) is 14.3. The van der Waals surface area contributed by atoms with E-state index < -0.39 is 0 Å². The van der Waals surface area contributed by atoms with E-state index in [9.17, 15) is 5.11 Å². The molecule has 4 atom stereocenters. The highest BCUT2D eigenvalue weighted by Gasteiger charge is 2.35. The van der Waals surface area contributed by atoms with Gasteiger partial charge in [-0.25, -0.2) is 0 Å². The number of hydrogen-bond acceptors (Lipinski definition) is 3. The molecule has 3 nitrogen and oxygen atoms in total. The molecule has 0 aromatic carbocycles. The van der Waals surface area contributed by atoms with Crippen molar-refractivity contribution in [2.24, 2.45) is 17.3 Å². The van der Waals surface area contributed by atoms with Crippen LogP contribution in [0.1, 0.15) is 46.0 Å². The molecule has 2 fully saturated rings. The first-order chi connectivity index (χ1) is 8.65. The van der Waals surface area contributed by atoms with E-state index in [1.165, 1.54) is 19.3 Å². The molecular weight excluding hydrogens is 226 g/mol. The van der Waals surface area contributed by atoms with Crippen molar-refractivity contribution in [3.05, 3.63) is 0 Å². The van der Waals surface area contributed by atoms with Crippen LogP contribution in [-0.2, 0) is 4.74 Å². The summed E-state index contributed by atoms with van der Waals surface area (Å²) < 4.78 is 5.54. The van der Waals surface area contributed by atoms with Gasteiger partial charge in [0.25, 0.3) is 0 Å². The van der Waals surface area contributed by atoms with Crippen molar-refractivity contribution in [2.75, 3.05) is 26.4 Å². The molecule has 0 spiro atoms. The minimum Gasteiger partial charge on any atom is -0.396 e. The third-order valence-electron chi connectivity index (χ3n) is 5.19. The Morgan fingerprint density at radius 3 is 2.72 bits per heavy atom. The fraction of sp³-hybridized carbons (Fsp3) is 1.00. The summed E-state index contributed by atoms with van der Waals surface area (Å²) in [5, 5.41) is 13.0. The Morgan fingerprint density at radius 1 is 1.28 bits per heavy atom. The van der Waals surface area contributed by atoms with Crippen LogP contribution in [-0.4, -0.2) is 37.5 Å². The zero-order valence-electron chi connectivity index (χ0n) is 12.0. The second kappa shape index (κ2) is 6.36. The number of aliphatic hydroxyl groups excluding tert-OH is 1. The first-order valence-corrected chi connectivity index (χ1v) is 7.57. The van der Waals surface area contributed by atoms with Crippen molar-refractivity contribution in [1.29, 1.82) is 0 Å². The molecule has 3 heteroatoms. The van der Waals surface area contributed by atoms with E-state index in [1.54, 1.807) is 0 Å². The van der Waals surface area contributed by atoms with Crippen molar-refractivity contribution in [3.63, 3.8) is 0 Å². The summed E-state index contributed by atoms with van der Waals surface area (Å²) in [7, 11) is 0. The van der Waals surface area contributed by atoms with Crippen LogP contribution in [0.25, 0.3) is 0 Å². The lowest BCUT2D eigenvalue weighted by Gasteiger charge is -2.35. The predicted molar refractivity (Wildman–Crippen MR) is 73.5 cm³/mol.